The smallest absolute Gasteiger partial charge is 0.0335 e. The number of fused-ring (bicyclic) bond motifs is 1. The molecule has 0 fully saturated rings. The van der Waals surface area contributed by atoms with Gasteiger partial charge in [0.15, 0.2) is 0 Å². The highest BCUT2D eigenvalue weighted by Gasteiger charge is 2.25. The first-order valence-corrected chi connectivity index (χ1v) is 8.64. The normalized spacial score (nSPS) is 18.7. The first kappa shape index (κ1) is 14.8. The quantitative estimate of drug-likeness (QED) is 0.910. The second-order valence-electron chi connectivity index (χ2n) is 5.81. The van der Waals surface area contributed by atoms with Crippen LogP contribution in [0.2, 0.25) is 0 Å². The van der Waals surface area contributed by atoms with Gasteiger partial charge in [0.2, 0.25) is 0 Å². The summed E-state index contributed by atoms with van der Waals surface area (Å²) in [4.78, 5) is 5.62. The van der Waals surface area contributed by atoms with E-state index in [0.717, 1.165) is 32.5 Å². The monoisotopic (exact) mass is 300 g/mol. The molecule has 0 aliphatic carbocycles. The van der Waals surface area contributed by atoms with Crippen LogP contribution in [0.15, 0.2) is 36.4 Å². The summed E-state index contributed by atoms with van der Waals surface area (Å²) in [5.74, 6) is 0. The van der Waals surface area contributed by atoms with Crippen molar-refractivity contribution in [1.29, 1.82) is 0 Å². The summed E-state index contributed by atoms with van der Waals surface area (Å²) in [5, 5.41) is 3.36. The van der Waals surface area contributed by atoms with Crippen LogP contribution >= 0.6 is 11.3 Å². The van der Waals surface area contributed by atoms with Crippen molar-refractivity contribution in [1.82, 2.24) is 10.2 Å². The third kappa shape index (κ3) is 3.37. The SMILES string of the molecule is CCc1ccc(CN2Cc3ccccc3CC2CNC)s1. The van der Waals surface area contributed by atoms with Gasteiger partial charge < -0.3 is 5.32 Å². The van der Waals surface area contributed by atoms with Crippen LogP contribution in [0.25, 0.3) is 0 Å². The average Bonchev–Trinajstić information content (AvgIpc) is 2.96. The Morgan fingerprint density at radius 2 is 1.90 bits per heavy atom. The Morgan fingerprint density at radius 1 is 1.14 bits per heavy atom. The summed E-state index contributed by atoms with van der Waals surface area (Å²) in [6.45, 7) is 5.43. The molecule has 1 aromatic carbocycles. The van der Waals surface area contributed by atoms with Crippen LogP contribution in [0.5, 0.6) is 0 Å². The summed E-state index contributed by atoms with van der Waals surface area (Å²) in [7, 11) is 2.05. The molecule has 3 heteroatoms. The average molecular weight is 300 g/mol. The van der Waals surface area contributed by atoms with Crippen LogP contribution in [0.1, 0.15) is 27.8 Å². The molecule has 2 heterocycles. The predicted octanol–water partition coefficient (Wildman–Crippen LogP) is 3.46. The summed E-state index contributed by atoms with van der Waals surface area (Å²) in [6.07, 6.45) is 2.30. The highest BCUT2D eigenvalue weighted by atomic mass is 32.1. The number of aryl methyl sites for hydroxylation is 1. The molecule has 1 aliphatic rings. The number of hydrogen-bond acceptors (Lipinski definition) is 3. The molecule has 2 nitrogen and oxygen atoms in total. The third-order valence-corrected chi connectivity index (χ3v) is 5.54. The molecule has 1 unspecified atom stereocenters. The van der Waals surface area contributed by atoms with E-state index < -0.39 is 0 Å². The molecular formula is C18H24N2S. The molecule has 1 atom stereocenters. The van der Waals surface area contributed by atoms with Crippen molar-refractivity contribution in [2.24, 2.45) is 0 Å². The lowest BCUT2D eigenvalue weighted by Crippen LogP contribution is -2.45. The maximum atomic E-state index is 3.36. The van der Waals surface area contributed by atoms with Gasteiger partial charge in [0.1, 0.15) is 0 Å². The predicted molar refractivity (Wildman–Crippen MR) is 90.8 cm³/mol. The number of nitrogens with zero attached hydrogens (tertiary/aromatic N) is 1. The minimum atomic E-state index is 0.595. The van der Waals surface area contributed by atoms with Gasteiger partial charge in [-0.2, -0.15) is 0 Å². The van der Waals surface area contributed by atoms with Crippen molar-refractivity contribution in [3.63, 3.8) is 0 Å². The number of rotatable bonds is 5. The summed E-state index contributed by atoms with van der Waals surface area (Å²) < 4.78 is 0. The molecule has 2 aromatic rings. The van der Waals surface area contributed by atoms with Crippen molar-refractivity contribution in [2.45, 2.75) is 38.9 Å². The zero-order chi connectivity index (χ0) is 14.7. The summed E-state index contributed by atoms with van der Waals surface area (Å²) in [6, 6.07) is 14.1. The highest BCUT2D eigenvalue weighted by Crippen LogP contribution is 2.27. The number of thiophene rings is 1. The van der Waals surface area contributed by atoms with Gasteiger partial charge in [-0.05, 0) is 43.1 Å². The maximum Gasteiger partial charge on any atom is 0.0335 e. The zero-order valence-electron chi connectivity index (χ0n) is 12.9. The van der Waals surface area contributed by atoms with Crippen LogP contribution in [0, 0.1) is 0 Å². The molecule has 0 saturated carbocycles. The van der Waals surface area contributed by atoms with E-state index in [0.29, 0.717) is 6.04 Å². The van der Waals surface area contributed by atoms with Gasteiger partial charge in [0, 0.05) is 35.4 Å². The van der Waals surface area contributed by atoms with Crippen molar-refractivity contribution in [3.8, 4) is 0 Å². The first-order valence-electron chi connectivity index (χ1n) is 7.83. The van der Waals surface area contributed by atoms with E-state index in [2.05, 4.69) is 60.6 Å². The van der Waals surface area contributed by atoms with Gasteiger partial charge >= 0.3 is 0 Å². The van der Waals surface area contributed by atoms with Crippen molar-refractivity contribution in [3.05, 3.63) is 57.3 Å². The number of hydrogen-bond donors (Lipinski definition) is 1. The standard InChI is InChI=1S/C18H24N2S/c1-3-17-8-9-18(21-17)13-20-12-15-7-5-4-6-14(15)10-16(20)11-19-2/h4-9,16,19H,3,10-13H2,1-2H3. The van der Waals surface area contributed by atoms with E-state index in [1.807, 2.05) is 11.3 Å². The fourth-order valence-corrected chi connectivity index (χ4v) is 4.14. The molecule has 1 aliphatic heterocycles. The van der Waals surface area contributed by atoms with Crippen LogP contribution in [0.3, 0.4) is 0 Å². The molecule has 1 aromatic heterocycles. The summed E-state index contributed by atoms with van der Waals surface area (Å²) in [5.41, 5.74) is 3.02. The molecule has 0 amide bonds. The lowest BCUT2D eigenvalue weighted by Gasteiger charge is -2.36. The Balaban J connectivity index is 1.78. The fourth-order valence-electron chi connectivity index (χ4n) is 3.16. The molecule has 0 radical (unpaired) electrons. The van der Waals surface area contributed by atoms with Crippen LogP contribution in [0.4, 0.5) is 0 Å². The number of nitrogens with one attached hydrogen (secondary N) is 1. The molecule has 3 rings (SSSR count). The van der Waals surface area contributed by atoms with E-state index in [-0.39, 0.29) is 0 Å². The molecule has 21 heavy (non-hydrogen) atoms. The number of likely N-dealkylation sites (N-methyl/N-ethyl adjacent to an activating group) is 1. The Hall–Kier alpha value is -1.16. The fraction of sp³-hybridized carbons (Fsp3) is 0.444. The Labute approximate surface area is 131 Å². The second kappa shape index (κ2) is 6.73. The summed E-state index contributed by atoms with van der Waals surface area (Å²) >= 11 is 1.97. The maximum absolute atomic E-state index is 3.36. The van der Waals surface area contributed by atoms with Gasteiger partial charge in [0.05, 0.1) is 0 Å². The molecule has 112 valence electrons. The first-order chi connectivity index (χ1) is 10.3. The van der Waals surface area contributed by atoms with E-state index in [1.54, 1.807) is 0 Å². The van der Waals surface area contributed by atoms with Crippen LogP contribution in [-0.4, -0.2) is 24.5 Å². The van der Waals surface area contributed by atoms with E-state index in [4.69, 9.17) is 0 Å². The lowest BCUT2D eigenvalue weighted by atomic mass is 9.94. The highest BCUT2D eigenvalue weighted by molar-refractivity contribution is 7.11. The molecule has 1 N–H and O–H groups in total. The minimum Gasteiger partial charge on any atom is -0.318 e. The van der Waals surface area contributed by atoms with E-state index >= 15 is 0 Å². The Morgan fingerprint density at radius 3 is 2.62 bits per heavy atom. The van der Waals surface area contributed by atoms with Gasteiger partial charge in [-0.1, -0.05) is 31.2 Å². The molecule has 0 spiro atoms. The topological polar surface area (TPSA) is 15.3 Å². The molecule has 0 bridgehead atoms. The van der Waals surface area contributed by atoms with E-state index in [1.165, 1.54) is 20.9 Å². The van der Waals surface area contributed by atoms with Crippen LogP contribution < -0.4 is 5.32 Å². The lowest BCUT2D eigenvalue weighted by molar-refractivity contribution is 0.162. The van der Waals surface area contributed by atoms with Gasteiger partial charge in [0.25, 0.3) is 0 Å². The van der Waals surface area contributed by atoms with Gasteiger partial charge in [-0.3, -0.25) is 4.90 Å². The Bertz CT molecular complexity index is 590. The largest absolute Gasteiger partial charge is 0.318 e. The van der Waals surface area contributed by atoms with Gasteiger partial charge in [-0.15, -0.1) is 11.3 Å². The molecular weight excluding hydrogens is 276 g/mol. The van der Waals surface area contributed by atoms with Crippen molar-refractivity contribution < 1.29 is 0 Å². The number of benzene rings is 1. The van der Waals surface area contributed by atoms with Gasteiger partial charge in [-0.25, -0.2) is 0 Å². The Kier molecular flexibility index (Phi) is 4.73. The third-order valence-electron chi connectivity index (χ3n) is 4.33. The van der Waals surface area contributed by atoms with Crippen molar-refractivity contribution >= 4 is 11.3 Å². The zero-order valence-corrected chi connectivity index (χ0v) is 13.7. The van der Waals surface area contributed by atoms with E-state index in [9.17, 15) is 0 Å². The minimum absolute atomic E-state index is 0.595. The second-order valence-corrected chi connectivity index (χ2v) is 7.06. The van der Waals surface area contributed by atoms with Crippen molar-refractivity contribution in [2.75, 3.05) is 13.6 Å². The molecule has 0 saturated heterocycles. The van der Waals surface area contributed by atoms with Crippen LogP contribution in [-0.2, 0) is 25.9 Å².